The number of rotatable bonds is 5. The Balaban J connectivity index is 1.97. The van der Waals surface area contributed by atoms with E-state index in [0.29, 0.717) is 11.4 Å². The molecular formula is C17H14N4O3. The molecule has 0 saturated heterocycles. The number of para-hydroxylation sites is 1. The highest BCUT2D eigenvalue weighted by molar-refractivity contribution is 5.69. The van der Waals surface area contributed by atoms with E-state index < -0.39 is 4.92 Å². The highest BCUT2D eigenvalue weighted by Gasteiger charge is 2.25. The summed E-state index contributed by atoms with van der Waals surface area (Å²) in [5, 5.41) is 14.4. The van der Waals surface area contributed by atoms with Crippen LogP contribution >= 0.6 is 0 Å². The van der Waals surface area contributed by atoms with E-state index in [1.165, 1.54) is 6.33 Å². The molecule has 3 aromatic rings. The van der Waals surface area contributed by atoms with Crippen molar-refractivity contribution in [2.75, 3.05) is 5.32 Å². The number of nitrogens with one attached hydrogen (secondary N) is 1. The molecule has 1 heterocycles. The van der Waals surface area contributed by atoms with Crippen LogP contribution in [0.4, 0.5) is 17.2 Å². The minimum atomic E-state index is -0.559. The van der Waals surface area contributed by atoms with Gasteiger partial charge in [-0.05, 0) is 36.8 Å². The van der Waals surface area contributed by atoms with Crippen LogP contribution in [-0.2, 0) is 0 Å². The van der Waals surface area contributed by atoms with E-state index in [1.807, 2.05) is 31.2 Å². The van der Waals surface area contributed by atoms with Crippen molar-refractivity contribution in [1.82, 2.24) is 9.97 Å². The van der Waals surface area contributed by atoms with Crippen molar-refractivity contribution in [3.05, 3.63) is 76.6 Å². The molecule has 0 radical (unpaired) electrons. The van der Waals surface area contributed by atoms with Gasteiger partial charge in [0, 0.05) is 5.69 Å². The average molecular weight is 322 g/mol. The summed E-state index contributed by atoms with van der Waals surface area (Å²) in [7, 11) is 0. The second kappa shape index (κ2) is 6.74. The summed E-state index contributed by atoms with van der Waals surface area (Å²) in [5.74, 6) is 0.420. The van der Waals surface area contributed by atoms with Crippen LogP contribution in [0, 0.1) is 17.0 Å². The summed E-state index contributed by atoms with van der Waals surface area (Å²) in [5.41, 5.74) is 1.41. The molecule has 0 saturated carbocycles. The number of benzene rings is 2. The first-order valence-electron chi connectivity index (χ1n) is 7.19. The zero-order valence-electron chi connectivity index (χ0n) is 12.8. The Labute approximate surface area is 138 Å². The Morgan fingerprint density at radius 2 is 1.88 bits per heavy atom. The second-order valence-corrected chi connectivity index (χ2v) is 5.04. The lowest BCUT2D eigenvalue weighted by atomic mass is 10.2. The maximum Gasteiger partial charge on any atom is 0.373 e. The molecule has 0 fully saturated rings. The third-order valence-electron chi connectivity index (χ3n) is 3.21. The van der Waals surface area contributed by atoms with Gasteiger partial charge >= 0.3 is 11.6 Å². The molecule has 0 aliphatic carbocycles. The van der Waals surface area contributed by atoms with E-state index in [0.717, 1.165) is 5.56 Å². The van der Waals surface area contributed by atoms with Gasteiger partial charge in [-0.25, -0.2) is 4.98 Å². The van der Waals surface area contributed by atoms with Gasteiger partial charge in [-0.3, -0.25) is 10.1 Å². The number of hydrogen-bond acceptors (Lipinski definition) is 6. The summed E-state index contributed by atoms with van der Waals surface area (Å²) in [6.07, 6.45) is 1.23. The maximum atomic E-state index is 11.5. The Morgan fingerprint density at radius 1 is 1.08 bits per heavy atom. The Bertz CT molecular complexity index is 869. The first-order valence-corrected chi connectivity index (χ1v) is 7.19. The molecule has 7 nitrogen and oxygen atoms in total. The van der Waals surface area contributed by atoms with E-state index in [9.17, 15) is 10.1 Å². The largest absolute Gasteiger partial charge is 0.434 e. The Hall–Kier alpha value is -3.48. The summed E-state index contributed by atoms with van der Waals surface area (Å²) in [6.45, 7) is 1.93. The average Bonchev–Trinajstić information content (AvgIpc) is 2.56. The highest BCUT2D eigenvalue weighted by Crippen LogP contribution is 2.35. The standard InChI is InChI=1S/C17H14N4O3/c1-12-6-5-7-13(10-12)20-16-15(21(22)23)17(19-11-18-16)24-14-8-3-2-4-9-14/h2-11H,1H3,(H,18,19,20). The third kappa shape index (κ3) is 3.46. The van der Waals surface area contributed by atoms with Crippen molar-refractivity contribution >= 4 is 17.2 Å². The van der Waals surface area contributed by atoms with Gasteiger partial charge in [0.25, 0.3) is 0 Å². The Morgan fingerprint density at radius 3 is 2.58 bits per heavy atom. The minimum Gasteiger partial charge on any atom is -0.434 e. The molecule has 0 bridgehead atoms. The zero-order chi connectivity index (χ0) is 16.9. The van der Waals surface area contributed by atoms with Crippen LogP contribution in [0.5, 0.6) is 11.6 Å². The predicted octanol–water partition coefficient (Wildman–Crippen LogP) is 4.23. The maximum absolute atomic E-state index is 11.5. The van der Waals surface area contributed by atoms with Crippen molar-refractivity contribution in [3.63, 3.8) is 0 Å². The molecular weight excluding hydrogens is 308 g/mol. The molecule has 0 amide bonds. The molecule has 0 aliphatic rings. The van der Waals surface area contributed by atoms with Crippen LogP contribution < -0.4 is 10.1 Å². The van der Waals surface area contributed by atoms with Crippen LogP contribution in [0.1, 0.15) is 5.56 Å². The number of hydrogen-bond donors (Lipinski definition) is 1. The summed E-state index contributed by atoms with van der Waals surface area (Å²) in [6, 6.07) is 16.2. The fraction of sp³-hybridized carbons (Fsp3) is 0.0588. The molecule has 24 heavy (non-hydrogen) atoms. The van der Waals surface area contributed by atoms with Crippen molar-refractivity contribution in [2.45, 2.75) is 6.92 Å². The van der Waals surface area contributed by atoms with Crippen LogP contribution in [0.15, 0.2) is 60.9 Å². The van der Waals surface area contributed by atoms with E-state index in [4.69, 9.17) is 4.74 Å². The molecule has 7 heteroatoms. The molecule has 0 aliphatic heterocycles. The number of nitrogens with zero attached hydrogens (tertiary/aromatic N) is 3. The van der Waals surface area contributed by atoms with E-state index in [2.05, 4.69) is 15.3 Å². The minimum absolute atomic E-state index is 0.0755. The smallest absolute Gasteiger partial charge is 0.373 e. The molecule has 0 unspecified atom stereocenters. The SMILES string of the molecule is Cc1cccc(Nc2ncnc(Oc3ccccc3)c2[N+](=O)[O-])c1. The predicted molar refractivity (Wildman–Crippen MR) is 89.7 cm³/mol. The topological polar surface area (TPSA) is 90.2 Å². The summed E-state index contributed by atoms with van der Waals surface area (Å²) < 4.78 is 5.54. The normalized spacial score (nSPS) is 10.2. The lowest BCUT2D eigenvalue weighted by molar-refractivity contribution is -0.385. The second-order valence-electron chi connectivity index (χ2n) is 5.04. The molecule has 120 valence electrons. The van der Waals surface area contributed by atoms with Gasteiger partial charge in [0.15, 0.2) is 0 Å². The highest BCUT2D eigenvalue weighted by atomic mass is 16.6. The van der Waals surface area contributed by atoms with Gasteiger partial charge in [-0.2, -0.15) is 4.98 Å². The molecule has 3 rings (SSSR count). The summed E-state index contributed by atoms with van der Waals surface area (Å²) >= 11 is 0. The summed E-state index contributed by atoms with van der Waals surface area (Å²) in [4.78, 5) is 18.8. The number of anilines is 2. The van der Waals surface area contributed by atoms with Gasteiger partial charge in [-0.15, -0.1) is 0 Å². The lowest BCUT2D eigenvalue weighted by Gasteiger charge is -2.09. The van der Waals surface area contributed by atoms with Gasteiger partial charge in [0.1, 0.15) is 12.1 Å². The van der Waals surface area contributed by atoms with Crippen molar-refractivity contribution in [3.8, 4) is 11.6 Å². The van der Waals surface area contributed by atoms with E-state index in [1.54, 1.807) is 30.3 Å². The third-order valence-corrected chi connectivity index (χ3v) is 3.21. The van der Waals surface area contributed by atoms with Gasteiger partial charge < -0.3 is 10.1 Å². The first kappa shape index (κ1) is 15.4. The monoisotopic (exact) mass is 322 g/mol. The van der Waals surface area contributed by atoms with Crippen molar-refractivity contribution in [2.24, 2.45) is 0 Å². The van der Waals surface area contributed by atoms with E-state index in [-0.39, 0.29) is 17.4 Å². The number of ether oxygens (including phenoxy) is 1. The molecule has 1 aromatic heterocycles. The quantitative estimate of drug-likeness (QED) is 0.558. The fourth-order valence-corrected chi connectivity index (χ4v) is 2.15. The molecule has 1 N–H and O–H groups in total. The number of aryl methyl sites for hydroxylation is 1. The van der Waals surface area contributed by atoms with Crippen molar-refractivity contribution in [1.29, 1.82) is 0 Å². The number of aromatic nitrogens is 2. The Kier molecular flexibility index (Phi) is 4.33. The first-order chi connectivity index (χ1) is 11.6. The van der Waals surface area contributed by atoms with Gasteiger partial charge in [0.2, 0.25) is 5.82 Å². The molecule has 0 atom stereocenters. The van der Waals surface area contributed by atoms with Gasteiger partial charge in [-0.1, -0.05) is 30.3 Å². The van der Waals surface area contributed by atoms with Crippen LogP contribution in [0.3, 0.4) is 0 Å². The van der Waals surface area contributed by atoms with Crippen molar-refractivity contribution < 1.29 is 9.66 Å². The zero-order valence-corrected chi connectivity index (χ0v) is 12.8. The van der Waals surface area contributed by atoms with Crippen LogP contribution in [-0.4, -0.2) is 14.9 Å². The van der Waals surface area contributed by atoms with Crippen LogP contribution in [0.2, 0.25) is 0 Å². The number of nitro groups is 1. The molecule has 2 aromatic carbocycles. The van der Waals surface area contributed by atoms with Gasteiger partial charge in [0.05, 0.1) is 4.92 Å². The fourth-order valence-electron chi connectivity index (χ4n) is 2.15. The van der Waals surface area contributed by atoms with Crippen LogP contribution in [0.25, 0.3) is 0 Å². The molecule has 0 spiro atoms. The van der Waals surface area contributed by atoms with E-state index >= 15 is 0 Å². The lowest BCUT2D eigenvalue weighted by Crippen LogP contribution is -2.03.